The molecule has 1 N–H and O–H groups in total. The summed E-state index contributed by atoms with van der Waals surface area (Å²) in [7, 11) is -4.69. The molecule has 0 saturated carbocycles. The highest BCUT2D eigenvalue weighted by atomic mass is 31.2. The van der Waals surface area contributed by atoms with Crippen LogP contribution in [0.15, 0.2) is 133 Å². The van der Waals surface area contributed by atoms with E-state index >= 15 is 0 Å². The fraction of sp³-hybridized carbons (Fsp3) is 0.102. The molecule has 0 saturated heterocycles. The Morgan fingerprint density at radius 2 is 0.815 bits per heavy atom. The van der Waals surface area contributed by atoms with Crippen LogP contribution in [0.4, 0.5) is 0 Å². The maximum Gasteiger partial charge on any atom is 0.584 e. The van der Waals surface area contributed by atoms with Crippen molar-refractivity contribution in [3.05, 3.63) is 156 Å². The lowest BCUT2D eigenvalue weighted by atomic mass is 9.74. The van der Waals surface area contributed by atoms with Gasteiger partial charge < -0.3 is 9.05 Å². The zero-order valence-corrected chi connectivity index (χ0v) is 30.0. The van der Waals surface area contributed by atoms with Gasteiger partial charge in [-0.1, -0.05) is 133 Å². The molecule has 256 valence electrons. The maximum absolute atomic E-state index is 14.6. The second-order valence-electron chi connectivity index (χ2n) is 15.6. The molecule has 5 heteroatoms. The lowest BCUT2D eigenvalue weighted by molar-refractivity contribution is 0.281. The zero-order valence-electron chi connectivity index (χ0n) is 29.1. The van der Waals surface area contributed by atoms with E-state index in [4.69, 9.17) is 9.05 Å². The number of benzene rings is 10. The van der Waals surface area contributed by atoms with Gasteiger partial charge in [-0.05, 0) is 113 Å². The first-order valence-electron chi connectivity index (χ1n) is 18.8. The van der Waals surface area contributed by atoms with E-state index in [-0.39, 0.29) is 0 Å². The Kier molecular flexibility index (Phi) is 5.45. The van der Waals surface area contributed by atoms with Gasteiger partial charge in [0.25, 0.3) is 0 Å². The first-order chi connectivity index (χ1) is 26.5. The van der Waals surface area contributed by atoms with Crippen LogP contribution in [-0.2, 0) is 22.8 Å². The number of aryl methyl sites for hydroxylation is 2. The van der Waals surface area contributed by atoms with Crippen LogP contribution in [0.1, 0.15) is 35.1 Å². The van der Waals surface area contributed by atoms with E-state index < -0.39 is 13.2 Å². The lowest BCUT2D eigenvalue weighted by Crippen LogP contribution is -2.25. The van der Waals surface area contributed by atoms with Gasteiger partial charge in [0.15, 0.2) is 0 Å². The van der Waals surface area contributed by atoms with Crippen molar-refractivity contribution in [3.8, 4) is 33.8 Å². The molecule has 13 rings (SSSR count). The van der Waals surface area contributed by atoms with Crippen LogP contribution in [0, 0.1) is 0 Å². The Morgan fingerprint density at radius 1 is 0.444 bits per heavy atom. The second kappa shape index (κ2) is 9.98. The monoisotopic (exact) mass is 714 g/mol. The van der Waals surface area contributed by atoms with Crippen LogP contribution in [-0.4, -0.2) is 4.89 Å². The highest BCUT2D eigenvalue weighted by Gasteiger charge is 2.52. The molecule has 0 fully saturated rings. The van der Waals surface area contributed by atoms with Gasteiger partial charge in [-0.3, -0.25) is 4.89 Å². The van der Waals surface area contributed by atoms with E-state index in [1.807, 2.05) is 0 Å². The molecule has 1 heterocycles. The highest BCUT2D eigenvalue weighted by molar-refractivity contribution is 7.48. The van der Waals surface area contributed by atoms with Gasteiger partial charge in [-0.15, -0.1) is 0 Å². The van der Waals surface area contributed by atoms with Crippen LogP contribution in [0.3, 0.4) is 0 Å². The predicted molar refractivity (Wildman–Crippen MR) is 220 cm³/mol. The van der Waals surface area contributed by atoms with Crippen molar-refractivity contribution in [1.29, 1.82) is 0 Å². The van der Waals surface area contributed by atoms with Gasteiger partial charge in [0.2, 0.25) is 0 Å². The Hall–Kier alpha value is -5.93. The summed E-state index contributed by atoms with van der Waals surface area (Å²) in [5.74, 6) is 0.968. The SMILES string of the molecule is O=P1(O)Oc2c(-c3ccc4ccc5cccc6ccc3c4c56)ccc3c2C2(CC3)CCc3ccc(-c4ccc5ccc6cccc7ccc4c5c67)c(c32)O1. The summed E-state index contributed by atoms with van der Waals surface area (Å²) in [4.78, 5) is 11.9. The Balaban J connectivity index is 1.08. The average molecular weight is 715 g/mol. The van der Waals surface area contributed by atoms with Crippen LogP contribution in [0.25, 0.3) is 86.9 Å². The van der Waals surface area contributed by atoms with Gasteiger partial charge in [-0.2, -0.15) is 0 Å². The second-order valence-corrected chi connectivity index (χ2v) is 16.9. The van der Waals surface area contributed by atoms with E-state index in [0.717, 1.165) is 69.8 Å². The van der Waals surface area contributed by atoms with Crippen molar-refractivity contribution < 1.29 is 18.5 Å². The summed E-state index contributed by atoms with van der Waals surface area (Å²) in [6.07, 6.45) is 3.51. The van der Waals surface area contributed by atoms with Crippen LogP contribution in [0.5, 0.6) is 11.5 Å². The van der Waals surface area contributed by atoms with Gasteiger partial charge in [0.1, 0.15) is 11.5 Å². The van der Waals surface area contributed by atoms with Gasteiger partial charge >= 0.3 is 7.82 Å². The molecule has 54 heavy (non-hydrogen) atoms. The van der Waals surface area contributed by atoms with Crippen LogP contribution < -0.4 is 9.05 Å². The number of phosphoric acid groups is 1. The molecular formula is C49H31O4P. The number of hydrogen-bond donors (Lipinski definition) is 1. The molecule has 0 aromatic heterocycles. The predicted octanol–water partition coefficient (Wildman–Crippen LogP) is 12.9. The van der Waals surface area contributed by atoms with Gasteiger partial charge in [0, 0.05) is 27.7 Å². The average Bonchev–Trinajstić information content (AvgIpc) is 3.76. The molecule has 2 aliphatic carbocycles. The number of rotatable bonds is 2. The normalized spacial score (nSPS) is 16.6. The quantitative estimate of drug-likeness (QED) is 0.143. The zero-order chi connectivity index (χ0) is 35.5. The Bertz CT molecular complexity index is 3090. The molecule has 1 aliphatic heterocycles. The van der Waals surface area contributed by atoms with Crippen molar-refractivity contribution in [2.24, 2.45) is 0 Å². The molecule has 0 bridgehead atoms. The summed E-state index contributed by atoms with van der Waals surface area (Å²) >= 11 is 0. The molecule has 4 nitrogen and oxygen atoms in total. The van der Waals surface area contributed by atoms with Crippen molar-refractivity contribution in [3.63, 3.8) is 0 Å². The van der Waals surface area contributed by atoms with Crippen molar-refractivity contribution >= 4 is 72.5 Å². The summed E-state index contributed by atoms with van der Waals surface area (Å²) in [5, 5.41) is 14.2. The third kappa shape index (κ3) is 3.65. The largest absolute Gasteiger partial charge is 0.584 e. The number of hydrogen-bond acceptors (Lipinski definition) is 3. The summed E-state index contributed by atoms with van der Waals surface area (Å²) < 4.78 is 27.5. The standard InChI is InChI=1S/C49H31O4P/c50-54(51)52-47-39(35-17-11-31-9-7-27-3-1-5-29-13-19-37(35)43(31)41(27)29)21-15-33-23-25-49(45(33)47)26-24-34-16-22-40(48(53-54)46(34)49)36-18-12-32-10-8-28-4-2-6-30-14-20-38(36)44(32)42(28)30/h1-22H,23-26H2,(H,50,51). The van der Waals surface area contributed by atoms with Gasteiger partial charge in [-0.25, -0.2) is 4.57 Å². The lowest BCUT2D eigenvalue weighted by Gasteiger charge is -2.35. The van der Waals surface area contributed by atoms with E-state index in [0.29, 0.717) is 11.5 Å². The minimum Gasteiger partial charge on any atom is -0.394 e. The molecule has 3 aliphatic rings. The van der Waals surface area contributed by atoms with Gasteiger partial charge in [0.05, 0.1) is 0 Å². The first-order valence-corrected chi connectivity index (χ1v) is 20.3. The third-order valence-electron chi connectivity index (χ3n) is 13.1. The topological polar surface area (TPSA) is 55.8 Å². The Morgan fingerprint density at radius 3 is 1.26 bits per heavy atom. The summed E-state index contributed by atoms with van der Waals surface area (Å²) in [6, 6.07) is 47.7. The van der Waals surface area contributed by atoms with E-state index in [1.54, 1.807) is 0 Å². The van der Waals surface area contributed by atoms with Crippen molar-refractivity contribution in [1.82, 2.24) is 0 Å². The molecule has 10 aromatic carbocycles. The molecule has 0 atom stereocenters. The van der Waals surface area contributed by atoms with Crippen molar-refractivity contribution in [2.75, 3.05) is 0 Å². The minimum absolute atomic E-state index is 0.407. The van der Waals surface area contributed by atoms with Crippen LogP contribution in [0.2, 0.25) is 0 Å². The highest BCUT2D eigenvalue weighted by Crippen LogP contribution is 2.66. The molecule has 0 unspecified atom stereocenters. The fourth-order valence-corrected chi connectivity index (χ4v) is 11.8. The molecule has 1 spiro atoms. The molecule has 10 aromatic rings. The minimum atomic E-state index is -4.69. The van der Waals surface area contributed by atoms with E-state index in [9.17, 15) is 9.46 Å². The molecular weight excluding hydrogens is 684 g/mol. The van der Waals surface area contributed by atoms with Crippen LogP contribution >= 0.6 is 7.82 Å². The van der Waals surface area contributed by atoms with E-state index in [1.165, 1.54) is 65.0 Å². The smallest absolute Gasteiger partial charge is 0.394 e. The first kappa shape index (κ1) is 29.5. The molecule has 0 amide bonds. The summed E-state index contributed by atoms with van der Waals surface area (Å²) in [6.45, 7) is 0. The third-order valence-corrected chi connectivity index (χ3v) is 14.0. The fourth-order valence-electron chi connectivity index (χ4n) is 11.0. The molecule has 0 radical (unpaired) electrons. The summed E-state index contributed by atoms with van der Waals surface area (Å²) in [5.41, 5.74) is 7.68. The Labute approximate surface area is 310 Å². The number of phosphoric ester groups is 1. The van der Waals surface area contributed by atoms with Crippen molar-refractivity contribution in [2.45, 2.75) is 31.1 Å². The van der Waals surface area contributed by atoms with E-state index in [2.05, 4.69) is 133 Å². The maximum atomic E-state index is 14.6.